The molecule has 0 unspecified atom stereocenters. The molecule has 0 aliphatic rings. The van der Waals surface area contributed by atoms with Crippen molar-refractivity contribution in [2.45, 2.75) is 17.5 Å². The van der Waals surface area contributed by atoms with Gasteiger partial charge in [0.1, 0.15) is 11.3 Å². The van der Waals surface area contributed by atoms with Crippen molar-refractivity contribution >= 4 is 26.7 Å². The number of rotatable bonds is 6. The number of hydrogen-bond acceptors (Lipinski definition) is 5. The molecule has 0 saturated heterocycles. The molecule has 0 saturated carbocycles. The van der Waals surface area contributed by atoms with Crippen LogP contribution >= 0.6 is 0 Å². The maximum absolute atomic E-state index is 13.4. The lowest BCUT2D eigenvalue weighted by Gasteiger charge is -2.12. The largest absolute Gasteiger partial charge is 0.495 e. The summed E-state index contributed by atoms with van der Waals surface area (Å²) in [7, 11) is -2.46. The van der Waals surface area contributed by atoms with Crippen molar-refractivity contribution in [1.29, 1.82) is 0 Å². The first-order valence-electron chi connectivity index (χ1n) is 9.95. The van der Waals surface area contributed by atoms with Gasteiger partial charge in [0.15, 0.2) is 0 Å². The molecule has 4 aromatic rings. The molecule has 1 N–H and O–H groups in total. The quantitative estimate of drug-likeness (QED) is 0.376. The van der Waals surface area contributed by atoms with Crippen molar-refractivity contribution in [3.8, 4) is 5.75 Å². The fourth-order valence-corrected chi connectivity index (χ4v) is 4.58. The number of methoxy groups -OCH3 is 1. The minimum Gasteiger partial charge on any atom is -0.495 e. The van der Waals surface area contributed by atoms with E-state index < -0.39 is 27.4 Å². The zero-order valence-corrected chi connectivity index (χ0v) is 18.5. The van der Waals surface area contributed by atoms with Crippen molar-refractivity contribution < 1.29 is 30.7 Å². The Hall–Kier alpha value is -3.79. The van der Waals surface area contributed by atoms with Gasteiger partial charge in [-0.15, -0.1) is 0 Å². The highest BCUT2D eigenvalue weighted by molar-refractivity contribution is 7.92. The maximum Gasteiger partial charge on any atom is 0.417 e. The van der Waals surface area contributed by atoms with E-state index in [1.807, 2.05) is 0 Å². The number of halogens is 3. The average Bonchev–Trinajstić information content (AvgIpc) is 2.78. The van der Waals surface area contributed by atoms with Gasteiger partial charge in [0.05, 0.1) is 23.3 Å². The van der Waals surface area contributed by atoms with Crippen molar-refractivity contribution in [3.05, 3.63) is 99.9 Å². The Kier molecular flexibility index (Phi) is 6.09. The average molecular weight is 489 g/mol. The summed E-state index contributed by atoms with van der Waals surface area (Å²) in [5.74, 6) is 0.369. The van der Waals surface area contributed by atoms with Gasteiger partial charge in [0.2, 0.25) is 0 Å². The third-order valence-electron chi connectivity index (χ3n) is 5.11. The van der Waals surface area contributed by atoms with Gasteiger partial charge in [-0.2, -0.15) is 13.2 Å². The van der Waals surface area contributed by atoms with Crippen molar-refractivity contribution in [1.82, 2.24) is 0 Å². The van der Waals surface area contributed by atoms with E-state index in [9.17, 15) is 26.4 Å². The van der Waals surface area contributed by atoms with E-state index in [1.54, 1.807) is 42.5 Å². The minimum absolute atomic E-state index is 0.0156. The molecule has 1 heterocycles. The van der Waals surface area contributed by atoms with E-state index in [0.29, 0.717) is 22.9 Å². The second-order valence-electron chi connectivity index (χ2n) is 7.43. The van der Waals surface area contributed by atoms with Gasteiger partial charge in [-0.1, -0.05) is 30.3 Å². The van der Waals surface area contributed by atoms with Gasteiger partial charge in [0.25, 0.3) is 10.0 Å². The van der Waals surface area contributed by atoms with Gasteiger partial charge in [0, 0.05) is 11.5 Å². The molecule has 0 atom stereocenters. The SMILES string of the molecule is COc1ccccc1NS(=O)(=O)c1ccc(Cc2ccc3oc(=O)cc(C(F)(F)F)c3c2)cc1. The Bertz CT molecular complexity index is 1510. The van der Waals surface area contributed by atoms with Crippen LogP contribution in [0, 0.1) is 0 Å². The van der Waals surface area contributed by atoms with E-state index in [2.05, 4.69) is 4.72 Å². The molecular formula is C24H18F3NO5S. The highest BCUT2D eigenvalue weighted by atomic mass is 32.2. The van der Waals surface area contributed by atoms with Crippen LogP contribution in [-0.4, -0.2) is 15.5 Å². The first-order chi connectivity index (χ1) is 16.1. The zero-order chi connectivity index (χ0) is 24.5. The Morgan fingerprint density at radius 3 is 2.29 bits per heavy atom. The molecule has 0 spiro atoms. The number of para-hydroxylation sites is 2. The molecule has 0 aliphatic heterocycles. The number of nitrogens with one attached hydrogen (secondary N) is 1. The van der Waals surface area contributed by atoms with Crippen LogP contribution in [0.1, 0.15) is 16.7 Å². The Labute approximate surface area is 192 Å². The van der Waals surface area contributed by atoms with Crippen LogP contribution in [0.2, 0.25) is 0 Å². The molecule has 3 aromatic carbocycles. The summed E-state index contributed by atoms with van der Waals surface area (Å²) in [6, 6.07) is 17.2. The second-order valence-corrected chi connectivity index (χ2v) is 9.12. The predicted octanol–water partition coefficient (Wildman–Crippen LogP) is 5.21. The summed E-state index contributed by atoms with van der Waals surface area (Å²) in [6.07, 6.45) is -4.47. The number of alkyl halides is 3. The van der Waals surface area contributed by atoms with E-state index in [1.165, 1.54) is 31.4 Å². The summed E-state index contributed by atoms with van der Waals surface area (Å²) in [5, 5.41) is -0.218. The van der Waals surface area contributed by atoms with E-state index in [0.717, 1.165) is 0 Å². The number of anilines is 1. The molecule has 0 fully saturated rings. The summed E-state index contributed by atoms with van der Waals surface area (Å²) in [5.41, 5.74) is -0.795. The summed E-state index contributed by atoms with van der Waals surface area (Å²) >= 11 is 0. The molecule has 1 aromatic heterocycles. The number of ether oxygens (including phenoxy) is 1. The minimum atomic E-state index is -4.71. The fraction of sp³-hybridized carbons (Fsp3) is 0.125. The highest BCUT2D eigenvalue weighted by Gasteiger charge is 2.33. The van der Waals surface area contributed by atoms with Gasteiger partial charge in [-0.25, -0.2) is 13.2 Å². The lowest BCUT2D eigenvalue weighted by molar-refractivity contribution is -0.136. The highest BCUT2D eigenvalue weighted by Crippen LogP contribution is 2.34. The van der Waals surface area contributed by atoms with Crippen molar-refractivity contribution in [2.24, 2.45) is 0 Å². The first-order valence-corrected chi connectivity index (χ1v) is 11.4. The fourth-order valence-electron chi connectivity index (χ4n) is 3.51. The van der Waals surface area contributed by atoms with Crippen LogP contribution in [0.4, 0.5) is 18.9 Å². The Morgan fingerprint density at radius 2 is 1.62 bits per heavy atom. The van der Waals surface area contributed by atoms with Crippen LogP contribution in [-0.2, 0) is 22.6 Å². The van der Waals surface area contributed by atoms with Crippen LogP contribution in [0.5, 0.6) is 5.75 Å². The number of fused-ring (bicyclic) bond motifs is 1. The molecule has 4 rings (SSSR count). The molecule has 6 nitrogen and oxygen atoms in total. The molecule has 0 amide bonds. The molecular weight excluding hydrogens is 471 g/mol. The Balaban J connectivity index is 1.59. The van der Waals surface area contributed by atoms with Gasteiger partial charge >= 0.3 is 11.8 Å². The van der Waals surface area contributed by atoms with E-state index in [-0.39, 0.29) is 28.0 Å². The molecule has 0 bridgehead atoms. The molecule has 0 aliphatic carbocycles. The third kappa shape index (κ3) is 4.91. The smallest absolute Gasteiger partial charge is 0.417 e. The van der Waals surface area contributed by atoms with Crippen LogP contribution < -0.4 is 15.1 Å². The summed E-state index contributed by atoms with van der Waals surface area (Å²) in [6.45, 7) is 0. The van der Waals surface area contributed by atoms with Crippen LogP contribution in [0.3, 0.4) is 0 Å². The van der Waals surface area contributed by atoms with Gasteiger partial charge in [-0.3, -0.25) is 4.72 Å². The monoisotopic (exact) mass is 489 g/mol. The Morgan fingerprint density at radius 1 is 0.941 bits per heavy atom. The summed E-state index contributed by atoms with van der Waals surface area (Å²) < 4.78 is 78.1. The topological polar surface area (TPSA) is 85.6 Å². The molecule has 0 radical (unpaired) electrons. The molecule has 10 heteroatoms. The third-order valence-corrected chi connectivity index (χ3v) is 6.49. The van der Waals surface area contributed by atoms with Gasteiger partial charge in [-0.05, 0) is 53.9 Å². The van der Waals surface area contributed by atoms with E-state index >= 15 is 0 Å². The summed E-state index contributed by atoms with van der Waals surface area (Å²) in [4.78, 5) is 11.5. The van der Waals surface area contributed by atoms with Crippen molar-refractivity contribution in [2.75, 3.05) is 11.8 Å². The number of sulfonamides is 1. The van der Waals surface area contributed by atoms with Crippen molar-refractivity contribution in [3.63, 3.8) is 0 Å². The van der Waals surface area contributed by atoms with Gasteiger partial charge < -0.3 is 9.15 Å². The maximum atomic E-state index is 13.4. The first kappa shape index (κ1) is 23.4. The predicted molar refractivity (Wildman–Crippen MR) is 121 cm³/mol. The van der Waals surface area contributed by atoms with Crippen LogP contribution in [0.15, 0.2) is 86.9 Å². The van der Waals surface area contributed by atoms with E-state index in [4.69, 9.17) is 9.15 Å². The van der Waals surface area contributed by atoms with Crippen LogP contribution in [0.25, 0.3) is 11.0 Å². The molecule has 34 heavy (non-hydrogen) atoms. The lowest BCUT2D eigenvalue weighted by atomic mass is 10.0. The normalized spacial score (nSPS) is 12.0. The number of benzene rings is 3. The second kappa shape index (κ2) is 8.86. The lowest BCUT2D eigenvalue weighted by Crippen LogP contribution is -2.13. The number of hydrogen-bond donors (Lipinski definition) is 1. The molecule has 176 valence electrons. The standard InChI is InChI=1S/C24H18F3NO5S/c1-32-22-5-3-2-4-20(22)28-34(30,31)17-9-6-15(7-10-17)12-16-8-11-21-18(13-16)19(24(25,26)27)14-23(29)33-21/h2-11,13-14,28H,12H2,1H3. The zero-order valence-electron chi connectivity index (χ0n) is 17.7.